The average Bonchev–Trinajstić information content (AvgIpc) is 3.41. The minimum atomic E-state index is -0.655. The van der Waals surface area contributed by atoms with Crippen molar-refractivity contribution in [3.63, 3.8) is 0 Å². The van der Waals surface area contributed by atoms with Gasteiger partial charge < -0.3 is 19.3 Å². The third-order valence-corrected chi connectivity index (χ3v) is 14.1. The smallest absolute Gasteiger partial charge is 0.330 e. The fourth-order valence-electron chi connectivity index (χ4n) is 11.1. The molecule has 0 saturated heterocycles. The second-order valence-electron chi connectivity index (χ2n) is 18.2. The van der Waals surface area contributed by atoms with Gasteiger partial charge in [-0.2, -0.15) is 0 Å². The number of hydrogen-bond donors (Lipinski definition) is 0. The van der Waals surface area contributed by atoms with Gasteiger partial charge in [-0.15, -0.1) is 0 Å². The lowest BCUT2D eigenvalue weighted by atomic mass is 9.61. The van der Waals surface area contributed by atoms with Crippen molar-refractivity contribution in [3.05, 3.63) is 275 Å². The summed E-state index contributed by atoms with van der Waals surface area (Å²) in [4.78, 5) is 29.3. The molecule has 0 aliphatic carbocycles. The number of ether oxygens (including phenoxy) is 2. The molecule has 6 nitrogen and oxygen atoms in total. The summed E-state index contributed by atoms with van der Waals surface area (Å²) >= 11 is 0. The van der Waals surface area contributed by atoms with Crippen LogP contribution in [0.15, 0.2) is 219 Å². The Kier molecular flexibility index (Phi) is 12.6. The normalized spacial score (nSPS) is 13.7. The Balaban J connectivity index is 1.21. The van der Waals surface area contributed by atoms with Gasteiger partial charge in [-0.3, -0.25) is 0 Å². The summed E-state index contributed by atoms with van der Waals surface area (Å²) in [5, 5.41) is 0. The third-order valence-electron chi connectivity index (χ3n) is 14.1. The molecular formula is C64H56N2O4. The van der Waals surface area contributed by atoms with E-state index >= 15 is 0 Å². The molecule has 2 aliphatic rings. The molecule has 0 spiro atoms. The maximum absolute atomic E-state index is 12.2. The van der Waals surface area contributed by atoms with E-state index in [-0.39, 0.29) is 13.2 Å². The number of carbonyl (C=O) groups is 2. The van der Waals surface area contributed by atoms with Gasteiger partial charge in [0.25, 0.3) is 0 Å². The molecular weight excluding hydrogens is 861 g/mol. The molecule has 10 rings (SSSR count). The van der Waals surface area contributed by atoms with E-state index < -0.39 is 22.8 Å². The highest BCUT2D eigenvalue weighted by Crippen LogP contribution is 2.59. The standard InChI is InChI=1S/C64H56N2O4/c1-5-61(67)69-39-19-37-65-57-35-29-45(3)41-55(57)63(49-21-11-7-12-22-49,50-23-13-8-14-24-50)53-33-31-47(43-59(53)65)48-32-34-54-60(44-48)66(38-20-40-70-62(68)6-2)58-36-30-46(4)42-56(58)64(54,51-25-15-9-16-26-51)52-27-17-10-18-28-52/h5-18,21-36,41-44H,1-2,19-20,37-40H2,3-4H3. The molecule has 0 radical (unpaired) electrons. The molecule has 70 heavy (non-hydrogen) atoms. The topological polar surface area (TPSA) is 59.1 Å². The molecule has 0 atom stereocenters. The van der Waals surface area contributed by atoms with Crippen LogP contribution in [0.4, 0.5) is 22.7 Å². The largest absolute Gasteiger partial charge is 0.462 e. The summed E-state index contributed by atoms with van der Waals surface area (Å²) < 4.78 is 11.1. The van der Waals surface area contributed by atoms with Gasteiger partial charge in [0.15, 0.2) is 0 Å². The van der Waals surface area contributed by atoms with Crippen LogP contribution in [0, 0.1) is 13.8 Å². The van der Waals surface area contributed by atoms with Gasteiger partial charge in [0.2, 0.25) is 0 Å². The van der Waals surface area contributed by atoms with Gasteiger partial charge in [-0.1, -0.05) is 194 Å². The first-order valence-corrected chi connectivity index (χ1v) is 24.2. The van der Waals surface area contributed by atoms with Crippen LogP contribution in [-0.2, 0) is 29.9 Å². The van der Waals surface area contributed by atoms with E-state index in [1.165, 1.54) is 67.8 Å². The third kappa shape index (κ3) is 7.89. The molecule has 0 saturated carbocycles. The lowest BCUT2D eigenvalue weighted by molar-refractivity contribution is -0.138. The number of aryl methyl sites for hydroxylation is 2. The van der Waals surface area contributed by atoms with Crippen molar-refractivity contribution < 1.29 is 19.1 Å². The highest BCUT2D eigenvalue weighted by Gasteiger charge is 2.48. The van der Waals surface area contributed by atoms with Crippen LogP contribution in [-0.4, -0.2) is 38.2 Å². The number of hydrogen-bond acceptors (Lipinski definition) is 6. The Hall–Kier alpha value is -8.22. The SMILES string of the molecule is C=CC(=O)OCCCN1c2cc(-c3ccc4c(c3)N(CCCOC(=O)C=C)c3ccc(C)cc3C4(c3ccccc3)c3ccccc3)ccc2C(c2ccccc2)(c2ccccc2)c2cc(C)ccc21. The van der Waals surface area contributed by atoms with E-state index in [4.69, 9.17) is 9.47 Å². The molecule has 0 N–H and O–H groups in total. The Morgan fingerprint density at radius 3 is 1.10 bits per heavy atom. The van der Waals surface area contributed by atoms with Crippen LogP contribution in [0.3, 0.4) is 0 Å². The highest BCUT2D eigenvalue weighted by molar-refractivity contribution is 5.90. The molecule has 346 valence electrons. The molecule has 6 heteroatoms. The summed E-state index contributed by atoms with van der Waals surface area (Å²) in [6.07, 6.45) is 3.65. The molecule has 0 fully saturated rings. The average molecular weight is 917 g/mol. The number of rotatable bonds is 15. The van der Waals surface area contributed by atoms with E-state index in [0.717, 1.165) is 33.9 Å². The number of esters is 2. The Labute approximate surface area is 411 Å². The minimum absolute atomic E-state index is 0.263. The van der Waals surface area contributed by atoms with E-state index in [2.05, 4.69) is 231 Å². The second kappa shape index (κ2) is 19.4. The van der Waals surface area contributed by atoms with Gasteiger partial charge in [-0.05, 0) is 107 Å². The van der Waals surface area contributed by atoms with E-state index in [9.17, 15) is 9.59 Å². The first-order chi connectivity index (χ1) is 34.3. The number of fused-ring (bicyclic) bond motifs is 4. The number of nitrogens with zero attached hydrogens (tertiary/aromatic N) is 2. The summed E-state index contributed by atoms with van der Waals surface area (Å²) in [5.41, 5.74) is 17.0. The quantitative estimate of drug-likeness (QED) is 0.0580. The first kappa shape index (κ1) is 45.6. The first-order valence-electron chi connectivity index (χ1n) is 24.2. The minimum Gasteiger partial charge on any atom is -0.462 e. The molecule has 2 aliphatic heterocycles. The summed E-state index contributed by atoms with van der Waals surface area (Å²) in [6, 6.07) is 71.0. The summed E-state index contributed by atoms with van der Waals surface area (Å²) in [5.74, 6) is -0.852. The van der Waals surface area contributed by atoms with Gasteiger partial charge >= 0.3 is 11.9 Å². The fraction of sp³-hybridized carbons (Fsp3) is 0.156. The monoisotopic (exact) mass is 916 g/mol. The van der Waals surface area contributed by atoms with Crippen LogP contribution in [0.1, 0.15) is 68.5 Å². The van der Waals surface area contributed by atoms with E-state index in [0.29, 0.717) is 25.9 Å². The zero-order chi connectivity index (χ0) is 48.2. The zero-order valence-corrected chi connectivity index (χ0v) is 39.8. The second-order valence-corrected chi connectivity index (χ2v) is 18.2. The van der Waals surface area contributed by atoms with Gasteiger partial charge in [0.1, 0.15) is 0 Å². The van der Waals surface area contributed by atoms with Crippen LogP contribution < -0.4 is 9.80 Å². The Bertz CT molecular complexity index is 2920. The molecule has 0 amide bonds. The van der Waals surface area contributed by atoms with Gasteiger partial charge in [0, 0.05) is 48.0 Å². The molecule has 0 unspecified atom stereocenters. The van der Waals surface area contributed by atoms with Gasteiger partial charge in [0.05, 0.1) is 24.0 Å². The van der Waals surface area contributed by atoms with Crippen molar-refractivity contribution >= 4 is 34.7 Å². The predicted octanol–water partition coefficient (Wildman–Crippen LogP) is 13.9. The highest BCUT2D eigenvalue weighted by atomic mass is 16.5. The number of carbonyl (C=O) groups excluding carboxylic acids is 2. The predicted molar refractivity (Wildman–Crippen MR) is 284 cm³/mol. The zero-order valence-electron chi connectivity index (χ0n) is 39.8. The van der Waals surface area contributed by atoms with Crippen molar-refractivity contribution in [3.8, 4) is 11.1 Å². The Morgan fingerprint density at radius 1 is 0.429 bits per heavy atom. The lowest BCUT2D eigenvalue weighted by Gasteiger charge is -2.47. The lowest BCUT2D eigenvalue weighted by Crippen LogP contribution is -2.40. The van der Waals surface area contributed by atoms with Crippen LogP contribution in [0.5, 0.6) is 0 Å². The summed E-state index contributed by atoms with van der Waals surface area (Å²) in [7, 11) is 0. The van der Waals surface area contributed by atoms with Crippen molar-refractivity contribution in [2.24, 2.45) is 0 Å². The molecule has 8 aromatic rings. The Morgan fingerprint density at radius 2 is 0.771 bits per heavy atom. The van der Waals surface area contributed by atoms with Crippen LogP contribution >= 0.6 is 0 Å². The molecule has 0 bridgehead atoms. The van der Waals surface area contributed by atoms with Crippen LogP contribution in [0.2, 0.25) is 0 Å². The van der Waals surface area contributed by atoms with E-state index in [1.807, 2.05) is 0 Å². The number of benzene rings is 8. The van der Waals surface area contributed by atoms with E-state index in [1.54, 1.807) is 0 Å². The van der Waals surface area contributed by atoms with Crippen molar-refractivity contribution in [2.75, 3.05) is 36.1 Å². The maximum atomic E-state index is 12.2. The van der Waals surface area contributed by atoms with Crippen molar-refractivity contribution in [1.29, 1.82) is 0 Å². The number of anilines is 4. The van der Waals surface area contributed by atoms with Crippen molar-refractivity contribution in [2.45, 2.75) is 37.5 Å². The molecule has 0 aromatic heterocycles. The molecule has 8 aromatic carbocycles. The molecule has 2 heterocycles. The van der Waals surface area contributed by atoms with Crippen LogP contribution in [0.25, 0.3) is 11.1 Å². The van der Waals surface area contributed by atoms with Crippen molar-refractivity contribution in [1.82, 2.24) is 0 Å². The fourth-order valence-corrected chi connectivity index (χ4v) is 11.1. The maximum Gasteiger partial charge on any atom is 0.330 e. The van der Waals surface area contributed by atoms with Gasteiger partial charge in [-0.25, -0.2) is 9.59 Å². The summed E-state index contributed by atoms with van der Waals surface area (Å²) in [6.45, 7) is 13.3.